The van der Waals surface area contributed by atoms with Gasteiger partial charge in [-0.2, -0.15) is 0 Å². The Morgan fingerprint density at radius 2 is 2.04 bits per heavy atom. The number of nitrogens with one attached hydrogen (secondary N) is 1. The van der Waals surface area contributed by atoms with Crippen LogP contribution in [0.2, 0.25) is 0 Å². The lowest BCUT2D eigenvalue weighted by Gasteiger charge is -2.32. The van der Waals surface area contributed by atoms with Crippen molar-refractivity contribution in [3.05, 3.63) is 35.6 Å². The van der Waals surface area contributed by atoms with E-state index in [0.29, 0.717) is 17.6 Å². The normalized spacial score (nSPS) is 21.0. The molecule has 24 heavy (non-hydrogen) atoms. The molecule has 2 aliphatic rings. The standard InChI is InChI=1S/C19H28FN3O/c1-22(2)17(15-6-3-7-16(20)14-15)18(24)21-11-10-19-8-4-12-23(19)13-5-9-19/h3,6-7,14,17H,4-5,8-13H2,1-2H3,(H,21,24). The lowest BCUT2D eigenvalue weighted by atomic mass is 9.90. The van der Waals surface area contributed by atoms with Crippen LogP contribution in [0, 0.1) is 5.82 Å². The van der Waals surface area contributed by atoms with E-state index in [0.717, 1.165) is 6.42 Å². The highest BCUT2D eigenvalue weighted by molar-refractivity contribution is 5.83. The quantitative estimate of drug-likeness (QED) is 0.869. The number of rotatable bonds is 6. The van der Waals surface area contributed by atoms with Crippen molar-refractivity contribution in [1.82, 2.24) is 15.1 Å². The highest BCUT2D eigenvalue weighted by atomic mass is 19.1. The third-order valence-corrected chi connectivity index (χ3v) is 5.63. The van der Waals surface area contributed by atoms with Gasteiger partial charge in [0.1, 0.15) is 11.9 Å². The summed E-state index contributed by atoms with van der Waals surface area (Å²) in [5, 5.41) is 3.09. The van der Waals surface area contributed by atoms with Gasteiger partial charge in [-0.1, -0.05) is 12.1 Å². The van der Waals surface area contributed by atoms with E-state index in [1.165, 1.54) is 50.9 Å². The van der Waals surface area contributed by atoms with Crippen LogP contribution in [0.5, 0.6) is 0 Å². The van der Waals surface area contributed by atoms with Crippen molar-refractivity contribution in [3.8, 4) is 0 Å². The zero-order chi connectivity index (χ0) is 17.2. The van der Waals surface area contributed by atoms with E-state index in [4.69, 9.17) is 0 Å². The monoisotopic (exact) mass is 333 g/mol. The fourth-order valence-electron chi connectivity index (χ4n) is 4.51. The van der Waals surface area contributed by atoms with Crippen molar-refractivity contribution >= 4 is 5.91 Å². The average Bonchev–Trinajstić information content (AvgIpc) is 3.06. The minimum absolute atomic E-state index is 0.0513. The number of benzene rings is 1. The molecule has 0 spiro atoms. The van der Waals surface area contributed by atoms with Gasteiger partial charge in [-0.15, -0.1) is 0 Å². The molecule has 0 aromatic heterocycles. The Morgan fingerprint density at radius 1 is 1.33 bits per heavy atom. The number of likely N-dealkylation sites (N-methyl/N-ethyl adjacent to an activating group) is 1. The molecule has 0 bridgehead atoms. The highest BCUT2D eigenvalue weighted by Gasteiger charge is 2.43. The molecule has 3 rings (SSSR count). The van der Waals surface area contributed by atoms with E-state index >= 15 is 0 Å². The molecule has 132 valence electrons. The minimum Gasteiger partial charge on any atom is -0.354 e. The maximum atomic E-state index is 13.5. The Labute approximate surface area is 144 Å². The first-order valence-corrected chi connectivity index (χ1v) is 8.96. The Kier molecular flexibility index (Phi) is 5.21. The van der Waals surface area contributed by atoms with Crippen LogP contribution in [-0.2, 0) is 4.79 Å². The smallest absolute Gasteiger partial charge is 0.241 e. The Morgan fingerprint density at radius 3 is 2.67 bits per heavy atom. The summed E-state index contributed by atoms with van der Waals surface area (Å²) in [4.78, 5) is 17.1. The van der Waals surface area contributed by atoms with Crippen molar-refractivity contribution in [2.75, 3.05) is 33.7 Å². The maximum absolute atomic E-state index is 13.5. The van der Waals surface area contributed by atoms with Gasteiger partial charge in [-0.05, 0) is 77.0 Å². The number of nitrogens with zero attached hydrogens (tertiary/aromatic N) is 2. The number of carbonyl (C=O) groups excluding carboxylic acids is 1. The molecule has 2 heterocycles. The van der Waals surface area contributed by atoms with Gasteiger partial charge < -0.3 is 5.32 Å². The summed E-state index contributed by atoms with van der Waals surface area (Å²) in [6.45, 7) is 3.10. The second-order valence-electron chi connectivity index (χ2n) is 7.38. The molecule has 1 N–H and O–H groups in total. The third kappa shape index (κ3) is 3.47. The number of amides is 1. The first-order chi connectivity index (χ1) is 11.5. The first-order valence-electron chi connectivity index (χ1n) is 8.96. The average molecular weight is 333 g/mol. The molecule has 0 aliphatic carbocycles. The van der Waals surface area contributed by atoms with Crippen molar-refractivity contribution in [3.63, 3.8) is 0 Å². The van der Waals surface area contributed by atoms with Crippen molar-refractivity contribution in [2.45, 2.75) is 43.7 Å². The minimum atomic E-state index is -0.457. The molecule has 1 aromatic carbocycles. The maximum Gasteiger partial charge on any atom is 0.241 e. The molecule has 2 saturated heterocycles. The molecule has 1 atom stereocenters. The van der Waals surface area contributed by atoms with Gasteiger partial charge in [0.15, 0.2) is 0 Å². The lowest BCUT2D eigenvalue weighted by molar-refractivity contribution is -0.125. The van der Waals surface area contributed by atoms with E-state index in [2.05, 4.69) is 10.2 Å². The van der Waals surface area contributed by atoms with Crippen LogP contribution >= 0.6 is 0 Å². The number of fused-ring (bicyclic) bond motifs is 1. The van der Waals surface area contributed by atoms with E-state index in [1.807, 2.05) is 25.1 Å². The van der Waals surface area contributed by atoms with Crippen molar-refractivity contribution in [2.24, 2.45) is 0 Å². The molecule has 5 heteroatoms. The predicted octanol–water partition coefficient (Wildman–Crippen LogP) is 2.56. The Hall–Kier alpha value is -1.46. The summed E-state index contributed by atoms with van der Waals surface area (Å²) in [6.07, 6.45) is 6.07. The van der Waals surface area contributed by atoms with Gasteiger partial charge >= 0.3 is 0 Å². The van der Waals surface area contributed by atoms with E-state index in [9.17, 15) is 9.18 Å². The van der Waals surface area contributed by atoms with Crippen LogP contribution in [0.4, 0.5) is 4.39 Å². The SMILES string of the molecule is CN(C)C(C(=O)NCCC12CCCN1CCC2)c1cccc(F)c1. The Balaban J connectivity index is 1.60. The summed E-state index contributed by atoms with van der Waals surface area (Å²) >= 11 is 0. The molecule has 0 saturated carbocycles. The summed E-state index contributed by atoms with van der Waals surface area (Å²) in [6, 6.07) is 5.85. The van der Waals surface area contributed by atoms with Gasteiger partial charge in [0.05, 0.1) is 0 Å². The van der Waals surface area contributed by atoms with Gasteiger partial charge in [-0.25, -0.2) is 4.39 Å². The van der Waals surface area contributed by atoms with Gasteiger partial charge in [-0.3, -0.25) is 14.6 Å². The highest BCUT2D eigenvalue weighted by Crippen LogP contribution is 2.40. The zero-order valence-corrected chi connectivity index (χ0v) is 14.7. The number of carbonyl (C=O) groups is 1. The predicted molar refractivity (Wildman–Crippen MR) is 93.2 cm³/mol. The topological polar surface area (TPSA) is 35.6 Å². The van der Waals surface area contributed by atoms with Crippen LogP contribution in [0.3, 0.4) is 0 Å². The number of hydrogen-bond donors (Lipinski definition) is 1. The van der Waals surface area contributed by atoms with Crippen LogP contribution in [-0.4, -0.2) is 55.0 Å². The molecule has 2 fully saturated rings. The second kappa shape index (κ2) is 7.19. The third-order valence-electron chi connectivity index (χ3n) is 5.63. The Bertz CT molecular complexity index is 580. The summed E-state index contributed by atoms with van der Waals surface area (Å²) in [7, 11) is 3.70. The van der Waals surface area contributed by atoms with E-state index in [1.54, 1.807) is 6.07 Å². The van der Waals surface area contributed by atoms with Gasteiger partial charge in [0.2, 0.25) is 5.91 Å². The van der Waals surface area contributed by atoms with E-state index < -0.39 is 6.04 Å². The van der Waals surface area contributed by atoms with Crippen LogP contribution in [0.1, 0.15) is 43.7 Å². The lowest BCUT2D eigenvalue weighted by Crippen LogP contribution is -2.43. The molecule has 4 nitrogen and oxygen atoms in total. The molecule has 1 unspecified atom stereocenters. The number of hydrogen-bond acceptors (Lipinski definition) is 3. The van der Waals surface area contributed by atoms with Gasteiger partial charge in [0, 0.05) is 12.1 Å². The first kappa shape index (κ1) is 17.4. The van der Waals surface area contributed by atoms with Crippen molar-refractivity contribution in [1.29, 1.82) is 0 Å². The molecule has 1 amide bonds. The fourth-order valence-corrected chi connectivity index (χ4v) is 4.51. The molecule has 0 radical (unpaired) electrons. The summed E-state index contributed by atoms with van der Waals surface area (Å²) in [5.74, 6) is -0.358. The molecule has 1 aromatic rings. The van der Waals surface area contributed by atoms with Crippen molar-refractivity contribution < 1.29 is 9.18 Å². The van der Waals surface area contributed by atoms with Crippen LogP contribution < -0.4 is 5.32 Å². The van der Waals surface area contributed by atoms with Crippen LogP contribution in [0.25, 0.3) is 0 Å². The largest absolute Gasteiger partial charge is 0.354 e. The summed E-state index contributed by atoms with van der Waals surface area (Å²) < 4.78 is 13.5. The molecule has 2 aliphatic heterocycles. The van der Waals surface area contributed by atoms with E-state index in [-0.39, 0.29) is 11.7 Å². The molecular weight excluding hydrogens is 305 g/mol. The van der Waals surface area contributed by atoms with Crippen LogP contribution in [0.15, 0.2) is 24.3 Å². The molecular formula is C19H28FN3O. The summed E-state index contributed by atoms with van der Waals surface area (Å²) in [5.41, 5.74) is 1.01. The fraction of sp³-hybridized carbons (Fsp3) is 0.632. The van der Waals surface area contributed by atoms with Gasteiger partial charge in [0.25, 0.3) is 0 Å². The number of halogens is 1. The second-order valence-corrected chi connectivity index (χ2v) is 7.38. The zero-order valence-electron chi connectivity index (χ0n) is 14.7.